The second kappa shape index (κ2) is 4.56. The minimum Gasteiger partial charge on any atom is -0.472 e. The van der Waals surface area contributed by atoms with Gasteiger partial charge in [-0.15, -0.1) is 0 Å². The summed E-state index contributed by atoms with van der Waals surface area (Å²) in [4.78, 5) is 12.3. The van der Waals surface area contributed by atoms with Crippen molar-refractivity contribution in [3.63, 3.8) is 0 Å². The SMILES string of the molecule is Cc1ccccc1OCn1cnc2c(N)ncnc21. The molecular weight excluding hydrogens is 242 g/mol. The highest BCUT2D eigenvalue weighted by atomic mass is 16.5. The fourth-order valence-electron chi connectivity index (χ4n) is 1.85. The Kier molecular flexibility index (Phi) is 2.75. The van der Waals surface area contributed by atoms with E-state index in [1.165, 1.54) is 6.33 Å². The Balaban J connectivity index is 1.87. The quantitative estimate of drug-likeness (QED) is 0.771. The summed E-state index contributed by atoms with van der Waals surface area (Å²) in [6, 6.07) is 7.84. The monoisotopic (exact) mass is 255 g/mol. The van der Waals surface area contributed by atoms with Gasteiger partial charge in [0.2, 0.25) is 0 Å². The molecule has 6 nitrogen and oxygen atoms in total. The number of aromatic nitrogens is 4. The lowest BCUT2D eigenvalue weighted by molar-refractivity contribution is 0.238. The van der Waals surface area contributed by atoms with Crippen molar-refractivity contribution in [2.24, 2.45) is 0 Å². The van der Waals surface area contributed by atoms with Crippen LogP contribution in [0.1, 0.15) is 5.56 Å². The molecular formula is C13H13N5O. The molecule has 0 saturated heterocycles. The molecule has 0 aliphatic carbocycles. The third kappa shape index (κ3) is 2.08. The number of anilines is 1. The van der Waals surface area contributed by atoms with Crippen molar-refractivity contribution in [1.29, 1.82) is 0 Å². The summed E-state index contributed by atoms with van der Waals surface area (Å²) in [5.41, 5.74) is 8.08. The fourth-order valence-corrected chi connectivity index (χ4v) is 1.85. The number of rotatable bonds is 3. The van der Waals surface area contributed by atoms with Gasteiger partial charge in [-0.2, -0.15) is 0 Å². The number of aryl methyl sites for hydroxylation is 1. The van der Waals surface area contributed by atoms with Gasteiger partial charge >= 0.3 is 0 Å². The van der Waals surface area contributed by atoms with E-state index in [-0.39, 0.29) is 0 Å². The third-order valence-corrected chi connectivity index (χ3v) is 2.88. The summed E-state index contributed by atoms with van der Waals surface area (Å²) >= 11 is 0. The van der Waals surface area contributed by atoms with Crippen molar-refractivity contribution >= 4 is 17.0 Å². The first-order valence-electron chi connectivity index (χ1n) is 5.85. The highest BCUT2D eigenvalue weighted by Gasteiger charge is 2.08. The number of ether oxygens (including phenoxy) is 1. The summed E-state index contributed by atoms with van der Waals surface area (Å²) in [6.45, 7) is 2.33. The van der Waals surface area contributed by atoms with Crippen molar-refractivity contribution in [1.82, 2.24) is 19.5 Å². The molecule has 19 heavy (non-hydrogen) atoms. The highest BCUT2D eigenvalue weighted by molar-refractivity contribution is 5.80. The zero-order valence-corrected chi connectivity index (χ0v) is 10.4. The first kappa shape index (κ1) is 11.5. The number of hydrogen-bond donors (Lipinski definition) is 1. The number of hydrogen-bond acceptors (Lipinski definition) is 5. The van der Waals surface area contributed by atoms with Gasteiger partial charge in [-0.05, 0) is 18.6 Å². The topological polar surface area (TPSA) is 78.9 Å². The molecule has 0 saturated carbocycles. The Labute approximate surface area is 109 Å². The van der Waals surface area contributed by atoms with Gasteiger partial charge in [-0.3, -0.25) is 4.57 Å². The minimum absolute atomic E-state index is 0.331. The number of nitrogen functional groups attached to an aromatic ring is 1. The predicted molar refractivity (Wildman–Crippen MR) is 71.5 cm³/mol. The van der Waals surface area contributed by atoms with E-state index in [2.05, 4.69) is 15.0 Å². The molecule has 0 radical (unpaired) electrons. The van der Waals surface area contributed by atoms with Crippen molar-refractivity contribution in [3.8, 4) is 5.75 Å². The van der Waals surface area contributed by atoms with E-state index < -0.39 is 0 Å². The zero-order chi connectivity index (χ0) is 13.2. The molecule has 1 aromatic carbocycles. The standard InChI is InChI=1S/C13H13N5O/c1-9-4-2-3-5-10(9)19-8-18-7-17-11-12(14)15-6-16-13(11)18/h2-7H,8H2,1H3,(H2,14,15,16). The van der Waals surface area contributed by atoms with Crippen LogP contribution in [0.2, 0.25) is 0 Å². The van der Waals surface area contributed by atoms with Crippen LogP contribution in [-0.4, -0.2) is 19.5 Å². The van der Waals surface area contributed by atoms with E-state index in [0.29, 0.717) is 23.7 Å². The molecule has 0 bridgehead atoms. The third-order valence-electron chi connectivity index (χ3n) is 2.88. The van der Waals surface area contributed by atoms with Crippen molar-refractivity contribution in [2.75, 3.05) is 5.73 Å². The molecule has 3 rings (SSSR count). The molecule has 3 aromatic rings. The first-order valence-corrected chi connectivity index (χ1v) is 5.85. The van der Waals surface area contributed by atoms with Gasteiger partial charge < -0.3 is 10.5 Å². The van der Waals surface area contributed by atoms with Gasteiger partial charge in [0.05, 0.1) is 6.33 Å². The Morgan fingerprint density at radius 2 is 2.05 bits per heavy atom. The molecule has 0 fully saturated rings. The van der Waals surface area contributed by atoms with Crippen LogP contribution in [-0.2, 0) is 6.73 Å². The molecule has 0 unspecified atom stereocenters. The number of nitrogens with zero attached hydrogens (tertiary/aromatic N) is 4. The van der Waals surface area contributed by atoms with E-state index in [1.54, 1.807) is 10.9 Å². The van der Waals surface area contributed by atoms with E-state index in [1.807, 2.05) is 31.2 Å². The molecule has 0 spiro atoms. The van der Waals surface area contributed by atoms with Crippen LogP contribution in [0.15, 0.2) is 36.9 Å². The van der Waals surface area contributed by atoms with Gasteiger partial charge in [-0.1, -0.05) is 18.2 Å². The van der Waals surface area contributed by atoms with Gasteiger partial charge in [0.25, 0.3) is 0 Å². The van der Waals surface area contributed by atoms with Crippen LogP contribution >= 0.6 is 0 Å². The molecule has 0 amide bonds. The van der Waals surface area contributed by atoms with Crippen LogP contribution < -0.4 is 10.5 Å². The Bertz CT molecular complexity index is 722. The highest BCUT2D eigenvalue weighted by Crippen LogP contribution is 2.18. The van der Waals surface area contributed by atoms with E-state index >= 15 is 0 Å². The average molecular weight is 255 g/mol. The van der Waals surface area contributed by atoms with Crippen LogP contribution in [0.4, 0.5) is 5.82 Å². The van der Waals surface area contributed by atoms with Crippen LogP contribution in [0.3, 0.4) is 0 Å². The lowest BCUT2D eigenvalue weighted by atomic mass is 10.2. The maximum atomic E-state index is 5.75. The number of nitrogens with two attached hydrogens (primary N) is 1. The summed E-state index contributed by atoms with van der Waals surface area (Å²) < 4.78 is 7.54. The molecule has 0 aliphatic rings. The molecule has 96 valence electrons. The lowest BCUT2D eigenvalue weighted by Gasteiger charge is -2.09. The summed E-state index contributed by atoms with van der Waals surface area (Å²) in [7, 11) is 0. The second-order valence-corrected chi connectivity index (χ2v) is 4.18. The zero-order valence-electron chi connectivity index (χ0n) is 10.4. The summed E-state index contributed by atoms with van der Waals surface area (Å²) in [6.07, 6.45) is 3.07. The van der Waals surface area contributed by atoms with Crippen molar-refractivity contribution in [3.05, 3.63) is 42.5 Å². The van der Waals surface area contributed by atoms with Crippen molar-refractivity contribution < 1.29 is 4.74 Å². The van der Waals surface area contributed by atoms with Crippen molar-refractivity contribution in [2.45, 2.75) is 13.7 Å². The first-order chi connectivity index (χ1) is 9.25. The predicted octanol–water partition coefficient (Wildman–Crippen LogP) is 1.75. The smallest absolute Gasteiger partial charge is 0.168 e. The Morgan fingerprint density at radius 1 is 1.21 bits per heavy atom. The van der Waals surface area contributed by atoms with Gasteiger partial charge in [0, 0.05) is 0 Å². The second-order valence-electron chi connectivity index (χ2n) is 4.18. The molecule has 2 heterocycles. The molecule has 0 aliphatic heterocycles. The maximum Gasteiger partial charge on any atom is 0.168 e. The van der Waals surface area contributed by atoms with Crippen LogP contribution in [0.5, 0.6) is 5.75 Å². The largest absolute Gasteiger partial charge is 0.472 e. The average Bonchev–Trinajstić information content (AvgIpc) is 2.83. The van der Waals surface area contributed by atoms with Gasteiger partial charge in [0.15, 0.2) is 18.2 Å². The van der Waals surface area contributed by atoms with E-state index in [4.69, 9.17) is 10.5 Å². The van der Waals surface area contributed by atoms with Gasteiger partial charge in [-0.25, -0.2) is 15.0 Å². The summed E-state index contributed by atoms with van der Waals surface area (Å²) in [5, 5.41) is 0. The molecule has 2 aromatic heterocycles. The fraction of sp³-hybridized carbons (Fsp3) is 0.154. The van der Waals surface area contributed by atoms with Crippen LogP contribution in [0.25, 0.3) is 11.2 Å². The Morgan fingerprint density at radius 3 is 2.89 bits per heavy atom. The molecule has 0 atom stereocenters. The summed E-state index contributed by atoms with van der Waals surface area (Å²) in [5.74, 6) is 1.21. The van der Waals surface area contributed by atoms with Gasteiger partial charge in [0.1, 0.15) is 17.6 Å². The molecule has 6 heteroatoms. The van der Waals surface area contributed by atoms with Crippen LogP contribution in [0, 0.1) is 6.92 Å². The minimum atomic E-state index is 0.331. The van der Waals surface area contributed by atoms with E-state index in [0.717, 1.165) is 11.3 Å². The lowest BCUT2D eigenvalue weighted by Crippen LogP contribution is -2.05. The maximum absolute atomic E-state index is 5.75. The number of para-hydroxylation sites is 1. The number of imidazole rings is 1. The molecule has 2 N–H and O–H groups in total. The Hall–Kier alpha value is -2.63. The number of benzene rings is 1. The number of fused-ring (bicyclic) bond motifs is 1. The normalized spacial score (nSPS) is 10.8. The van der Waals surface area contributed by atoms with E-state index in [9.17, 15) is 0 Å².